The lowest BCUT2D eigenvalue weighted by Crippen LogP contribution is -3.04. The first-order chi connectivity index (χ1) is 14.0. The Bertz CT molecular complexity index is 941. The van der Waals surface area contributed by atoms with E-state index < -0.39 is 18.2 Å². The summed E-state index contributed by atoms with van der Waals surface area (Å²) >= 11 is 0. The minimum Gasteiger partial charge on any atom is -0.461 e. The Morgan fingerprint density at radius 1 is 1.45 bits per heavy atom. The van der Waals surface area contributed by atoms with Gasteiger partial charge in [-0.2, -0.15) is 4.99 Å². The van der Waals surface area contributed by atoms with Gasteiger partial charge in [-0.1, -0.05) is 0 Å². The van der Waals surface area contributed by atoms with Crippen LogP contribution in [0.5, 0.6) is 0 Å². The zero-order chi connectivity index (χ0) is 20.5. The van der Waals surface area contributed by atoms with Crippen molar-refractivity contribution in [2.45, 2.75) is 20.0 Å². The highest BCUT2D eigenvalue weighted by molar-refractivity contribution is 5.93. The van der Waals surface area contributed by atoms with Crippen molar-refractivity contribution in [3.05, 3.63) is 29.6 Å². The molecule has 3 aliphatic heterocycles. The van der Waals surface area contributed by atoms with Gasteiger partial charge >= 0.3 is 12.1 Å². The Hall–Kier alpha value is -3.40. The van der Waals surface area contributed by atoms with Crippen molar-refractivity contribution in [1.82, 2.24) is 5.32 Å². The van der Waals surface area contributed by atoms with Crippen molar-refractivity contribution in [3.63, 3.8) is 0 Å². The largest absolute Gasteiger partial charge is 0.461 e. The molecule has 0 saturated carbocycles. The average molecular weight is 400 g/mol. The molecule has 1 aromatic carbocycles. The van der Waals surface area contributed by atoms with Crippen LogP contribution in [0, 0.1) is 0 Å². The molecule has 1 fully saturated rings. The normalized spacial score (nSPS) is 22.0. The summed E-state index contributed by atoms with van der Waals surface area (Å²) < 4.78 is 10.4. The third kappa shape index (κ3) is 3.54. The number of cyclic esters (lactones) is 1. The number of fused-ring (bicyclic) bond motifs is 3. The molecule has 152 valence electrons. The number of nitrogens with zero attached hydrogens (tertiary/aromatic N) is 2. The minimum atomic E-state index is -0.448. The molecule has 0 radical (unpaired) electrons. The van der Waals surface area contributed by atoms with E-state index in [-0.39, 0.29) is 12.5 Å². The number of amides is 2. The molecule has 10 nitrogen and oxygen atoms in total. The molecule has 0 spiro atoms. The van der Waals surface area contributed by atoms with Crippen LogP contribution < -0.4 is 20.4 Å². The highest BCUT2D eigenvalue weighted by Gasteiger charge is 2.38. The molecule has 3 N–H and O–H groups in total. The fourth-order valence-electron chi connectivity index (χ4n) is 3.56. The number of rotatable bonds is 5. The van der Waals surface area contributed by atoms with E-state index in [0.717, 1.165) is 22.0 Å². The molecule has 3 heterocycles. The fourth-order valence-corrected chi connectivity index (χ4v) is 3.56. The third-order valence-corrected chi connectivity index (χ3v) is 4.92. The van der Waals surface area contributed by atoms with Crippen molar-refractivity contribution in [1.29, 1.82) is 0 Å². The summed E-state index contributed by atoms with van der Waals surface area (Å²) in [6.45, 7) is 4.54. The van der Waals surface area contributed by atoms with Crippen molar-refractivity contribution in [2.24, 2.45) is 4.99 Å². The molecule has 0 aromatic heterocycles. The summed E-state index contributed by atoms with van der Waals surface area (Å²) in [5, 5.41) is 5.95. The van der Waals surface area contributed by atoms with Gasteiger partial charge < -0.3 is 20.1 Å². The first-order valence-corrected chi connectivity index (χ1v) is 9.40. The van der Waals surface area contributed by atoms with Crippen LogP contribution in [0.4, 0.5) is 21.9 Å². The maximum atomic E-state index is 12.2. The summed E-state index contributed by atoms with van der Waals surface area (Å²) in [7, 11) is 0. The highest BCUT2D eigenvalue weighted by atomic mass is 16.6. The summed E-state index contributed by atoms with van der Waals surface area (Å²) in [4.78, 5) is 42.0. The monoisotopic (exact) mass is 400 g/mol. The smallest absolute Gasteiger partial charge is 0.414 e. The van der Waals surface area contributed by atoms with Crippen LogP contribution in [0.2, 0.25) is 0 Å². The topological polar surface area (TPSA) is 114 Å². The van der Waals surface area contributed by atoms with Gasteiger partial charge in [0.1, 0.15) is 6.10 Å². The SMILES string of the molecule is CCOC(=O)C1=C2CNc3cc(N4C[C@H](CNC(C)=O)OC4=O)ccc3[NH+]2C=N1. The molecule has 1 aromatic rings. The Morgan fingerprint density at radius 3 is 3.03 bits per heavy atom. The van der Waals surface area contributed by atoms with E-state index in [1.807, 2.05) is 18.2 Å². The Kier molecular flexibility index (Phi) is 4.93. The minimum absolute atomic E-state index is 0.168. The molecular formula is C19H22N5O5+. The molecule has 0 aliphatic carbocycles. The van der Waals surface area contributed by atoms with E-state index in [9.17, 15) is 14.4 Å². The van der Waals surface area contributed by atoms with Crippen LogP contribution in [0.1, 0.15) is 13.8 Å². The van der Waals surface area contributed by atoms with Crippen molar-refractivity contribution in [2.75, 3.05) is 36.5 Å². The number of hydrogen-bond acceptors (Lipinski definition) is 7. The molecule has 4 rings (SSSR count). The van der Waals surface area contributed by atoms with Gasteiger partial charge in [0.2, 0.25) is 11.6 Å². The van der Waals surface area contributed by atoms with Gasteiger partial charge in [-0.3, -0.25) is 9.69 Å². The lowest BCUT2D eigenvalue weighted by atomic mass is 10.1. The second-order valence-electron chi connectivity index (χ2n) is 6.86. The first kappa shape index (κ1) is 18.9. The van der Waals surface area contributed by atoms with E-state index in [1.165, 1.54) is 11.8 Å². The van der Waals surface area contributed by atoms with Crippen molar-refractivity contribution < 1.29 is 28.8 Å². The predicted molar refractivity (Wildman–Crippen MR) is 104 cm³/mol. The predicted octanol–water partition coefficient (Wildman–Crippen LogP) is -0.0936. The lowest BCUT2D eigenvalue weighted by molar-refractivity contribution is -0.674. The summed E-state index contributed by atoms with van der Waals surface area (Å²) in [5.41, 5.74) is 3.57. The third-order valence-electron chi connectivity index (χ3n) is 4.92. The van der Waals surface area contributed by atoms with Gasteiger partial charge in [-0.25, -0.2) is 14.5 Å². The van der Waals surface area contributed by atoms with Gasteiger partial charge in [0.25, 0.3) is 0 Å². The number of carbonyl (C=O) groups is 3. The zero-order valence-corrected chi connectivity index (χ0v) is 16.2. The summed E-state index contributed by atoms with van der Waals surface area (Å²) in [6, 6.07) is 5.59. The number of hydrogen-bond donors (Lipinski definition) is 3. The van der Waals surface area contributed by atoms with E-state index in [2.05, 4.69) is 15.6 Å². The second-order valence-corrected chi connectivity index (χ2v) is 6.86. The molecule has 29 heavy (non-hydrogen) atoms. The van der Waals surface area contributed by atoms with Gasteiger partial charge in [0.15, 0.2) is 17.7 Å². The van der Waals surface area contributed by atoms with Crippen LogP contribution in [-0.2, 0) is 19.1 Å². The molecule has 1 saturated heterocycles. The van der Waals surface area contributed by atoms with Gasteiger partial charge in [0, 0.05) is 18.7 Å². The number of benzene rings is 1. The Labute approximate surface area is 167 Å². The van der Waals surface area contributed by atoms with Gasteiger partial charge in [-0.05, 0) is 19.1 Å². The van der Waals surface area contributed by atoms with E-state index in [1.54, 1.807) is 13.3 Å². The number of anilines is 2. The second kappa shape index (κ2) is 7.55. The van der Waals surface area contributed by atoms with Crippen LogP contribution in [0.15, 0.2) is 34.6 Å². The molecule has 2 amide bonds. The van der Waals surface area contributed by atoms with Crippen LogP contribution in [0.3, 0.4) is 0 Å². The molecule has 0 bridgehead atoms. The van der Waals surface area contributed by atoms with E-state index in [0.29, 0.717) is 31.1 Å². The molecule has 3 aliphatic rings. The summed E-state index contributed by atoms with van der Waals surface area (Å²) in [5.74, 6) is -0.598. The quantitative estimate of drug-likeness (QED) is 0.595. The first-order valence-electron chi connectivity index (χ1n) is 9.40. The number of carbonyl (C=O) groups excluding carboxylic acids is 3. The highest BCUT2D eigenvalue weighted by Crippen LogP contribution is 2.31. The maximum Gasteiger partial charge on any atom is 0.414 e. The van der Waals surface area contributed by atoms with Crippen molar-refractivity contribution >= 4 is 41.4 Å². The van der Waals surface area contributed by atoms with Crippen LogP contribution in [0.25, 0.3) is 0 Å². The molecule has 1 unspecified atom stereocenters. The van der Waals surface area contributed by atoms with E-state index >= 15 is 0 Å². The number of esters is 1. The van der Waals surface area contributed by atoms with Crippen molar-refractivity contribution in [3.8, 4) is 0 Å². The lowest BCUT2D eigenvalue weighted by Gasteiger charge is -2.24. The van der Waals surface area contributed by atoms with E-state index in [4.69, 9.17) is 9.47 Å². The number of quaternary nitrogens is 1. The van der Waals surface area contributed by atoms with Gasteiger partial charge in [0.05, 0.1) is 31.9 Å². The Balaban J connectivity index is 1.53. The van der Waals surface area contributed by atoms with Gasteiger partial charge in [-0.15, -0.1) is 0 Å². The number of nitrogens with one attached hydrogen (secondary N) is 3. The number of aliphatic imine (C=N–C) groups is 1. The number of ether oxygens (including phenoxy) is 2. The van der Waals surface area contributed by atoms with Crippen LogP contribution >= 0.6 is 0 Å². The maximum absolute atomic E-state index is 12.2. The summed E-state index contributed by atoms with van der Waals surface area (Å²) in [6.07, 6.45) is 0.832. The fraction of sp³-hybridized carbons (Fsp3) is 0.368. The standard InChI is InChI=1S/C19H21N5O5/c1-3-28-18(26)17-16-8-21-14-6-12(4-5-15(14)24(16)10-22-17)23-9-13(29-19(23)27)7-20-11(2)25/h4-6,10,13,21H,3,7-9H2,1-2H3,(H,20,25)/p+1/t13-/m0/s1. The molecule has 2 atom stereocenters. The molecule has 10 heteroatoms. The molecular weight excluding hydrogens is 378 g/mol. The Morgan fingerprint density at radius 2 is 2.28 bits per heavy atom. The zero-order valence-electron chi connectivity index (χ0n) is 16.2. The van der Waals surface area contributed by atoms with Crippen LogP contribution in [-0.4, -0.2) is 56.7 Å². The average Bonchev–Trinajstić information content (AvgIpc) is 3.29.